The highest BCUT2D eigenvalue weighted by Gasteiger charge is 2.21. The Balaban J connectivity index is 2.31. The third kappa shape index (κ3) is 4.35. The van der Waals surface area contributed by atoms with Crippen LogP contribution in [0.3, 0.4) is 0 Å². The standard InChI is InChI=1S/C18H22N2O3S/c1-13(21)19-14-9-11-15(12-10-14)24(22,23)20-17-8-6-5-7-16(17)18(2,3)4/h5-12,20H,1-4H3,(H,19,21). The van der Waals surface area contributed by atoms with E-state index in [2.05, 4.69) is 10.0 Å². The smallest absolute Gasteiger partial charge is 0.261 e. The van der Waals surface area contributed by atoms with Crippen molar-refractivity contribution >= 4 is 27.3 Å². The third-order valence-corrected chi connectivity index (χ3v) is 4.85. The van der Waals surface area contributed by atoms with Crippen molar-refractivity contribution in [2.24, 2.45) is 0 Å². The average Bonchev–Trinajstić information content (AvgIpc) is 2.46. The first-order valence-corrected chi connectivity index (χ1v) is 9.08. The lowest BCUT2D eigenvalue weighted by Crippen LogP contribution is -2.19. The predicted molar refractivity (Wildman–Crippen MR) is 96.7 cm³/mol. The SMILES string of the molecule is CC(=O)Nc1ccc(S(=O)(=O)Nc2ccccc2C(C)(C)C)cc1. The van der Waals surface area contributed by atoms with Crippen molar-refractivity contribution in [2.75, 3.05) is 10.0 Å². The van der Waals surface area contributed by atoms with Gasteiger partial charge in [0.25, 0.3) is 10.0 Å². The highest BCUT2D eigenvalue weighted by atomic mass is 32.2. The summed E-state index contributed by atoms with van der Waals surface area (Å²) in [6, 6.07) is 13.4. The minimum absolute atomic E-state index is 0.139. The Morgan fingerprint density at radius 3 is 2.08 bits per heavy atom. The molecule has 2 aromatic rings. The van der Waals surface area contributed by atoms with Gasteiger partial charge in [-0.25, -0.2) is 8.42 Å². The van der Waals surface area contributed by atoms with Gasteiger partial charge in [-0.2, -0.15) is 0 Å². The molecule has 2 aromatic carbocycles. The molecule has 6 heteroatoms. The van der Waals surface area contributed by atoms with Crippen LogP contribution in [0.2, 0.25) is 0 Å². The van der Waals surface area contributed by atoms with Gasteiger partial charge in [0.15, 0.2) is 0 Å². The monoisotopic (exact) mass is 346 g/mol. The van der Waals surface area contributed by atoms with Crippen LogP contribution in [0.5, 0.6) is 0 Å². The van der Waals surface area contributed by atoms with E-state index in [-0.39, 0.29) is 16.2 Å². The molecule has 0 saturated heterocycles. The fourth-order valence-corrected chi connectivity index (χ4v) is 3.43. The number of sulfonamides is 1. The molecule has 0 aliphatic carbocycles. The van der Waals surface area contributed by atoms with Gasteiger partial charge in [-0.1, -0.05) is 39.0 Å². The normalized spacial score (nSPS) is 11.8. The quantitative estimate of drug-likeness (QED) is 0.885. The summed E-state index contributed by atoms with van der Waals surface area (Å²) in [6.45, 7) is 7.49. The second-order valence-electron chi connectivity index (χ2n) is 6.61. The van der Waals surface area contributed by atoms with Crippen LogP contribution >= 0.6 is 0 Å². The van der Waals surface area contributed by atoms with Crippen molar-refractivity contribution in [1.29, 1.82) is 0 Å². The molecule has 2 N–H and O–H groups in total. The third-order valence-electron chi connectivity index (χ3n) is 3.46. The summed E-state index contributed by atoms with van der Waals surface area (Å²) in [4.78, 5) is 11.2. The minimum atomic E-state index is -3.70. The van der Waals surface area contributed by atoms with Gasteiger partial charge in [-0.15, -0.1) is 0 Å². The molecule has 5 nitrogen and oxygen atoms in total. The van der Waals surface area contributed by atoms with Crippen molar-refractivity contribution in [1.82, 2.24) is 0 Å². The number of hydrogen-bond acceptors (Lipinski definition) is 3. The molecule has 0 bridgehead atoms. The zero-order chi connectivity index (χ0) is 18.0. The van der Waals surface area contributed by atoms with Crippen LogP contribution in [0.4, 0.5) is 11.4 Å². The highest BCUT2D eigenvalue weighted by molar-refractivity contribution is 7.92. The number of nitrogens with one attached hydrogen (secondary N) is 2. The minimum Gasteiger partial charge on any atom is -0.326 e. The summed E-state index contributed by atoms with van der Waals surface area (Å²) in [5.41, 5.74) is 1.85. The zero-order valence-electron chi connectivity index (χ0n) is 14.3. The summed E-state index contributed by atoms with van der Waals surface area (Å²) in [5.74, 6) is -0.206. The number of carbonyl (C=O) groups is 1. The predicted octanol–water partition coefficient (Wildman–Crippen LogP) is 3.74. The molecule has 0 unspecified atom stereocenters. The maximum atomic E-state index is 12.6. The Morgan fingerprint density at radius 1 is 0.958 bits per heavy atom. The maximum Gasteiger partial charge on any atom is 0.261 e. The molecule has 0 saturated carbocycles. The molecule has 24 heavy (non-hydrogen) atoms. The first-order valence-electron chi connectivity index (χ1n) is 7.59. The van der Waals surface area contributed by atoms with Crippen LogP contribution in [-0.2, 0) is 20.2 Å². The van der Waals surface area contributed by atoms with Gasteiger partial charge in [-0.05, 0) is 41.3 Å². The highest BCUT2D eigenvalue weighted by Crippen LogP contribution is 2.30. The van der Waals surface area contributed by atoms with E-state index < -0.39 is 10.0 Å². The summed E-state index contributed by atoms with van der Waals surface area (Å²) in [6.07, 6.45) is 0. The molecular formula is C18H22N2O3S. The van der Waals surface area contributed by atoms with Crippen molar-refractivity contribution < 1.29 is 13.2 Å². The van der Waals surface area contributed by atoms with E-state index in [1.54, 1.807) is 24.3 Å². The molecule has 0 heterocycles. The van der Waals surface area contributed by atoms with E-state index in [0.717, 1.165) is 5.56 Å². The Hall–Kier alpha value is -2.34. The van der Waals surface area contributed by atoms with Crippen molar-refractivity contribution in [2.45, 2.75) is 38.0 Å². The van der Waals surface area contributed by atoms with Crippen LogP contribution in [0, 0.1) is 0 Å². The number of amides is 1. The van der Waals surface area contributed by atoms with E-state index in [1.807, 2.05) is 32.9 Å². The van der Waals surface area contributed by atoms with Gasteiger partial charge in [0, 0.05) is 12.6 Å². The van der Waals surface area contributed by atoms with Gasteiger partial charge in [-0.3, -0.25) is 9.52 Å². The molecule has 1 amide bonds. The summed E-state index contributed by atoms with van der Waals surface area (Å²) in [7, 11) is -3.70. The molecule has 0 aliphatic heterocycles. The largest absolute Gasteiger partial charge is 0.326 e. The average molecular weight is 346 g/mol. The van der Waals surface area contributed by atoms with Crippen LogP contribution in [0.25, 0.3) is 0 Å². The Morgan fingerprint density at radius 2 is 1.54 bits per heavy atom. The van der Waals surface area contributed by atoms with E-state index in [0.29, 0.717) is 11.4 Å². The fraction of sp³-hybridized carbons (Fsp3) is 0.278. The molecule has 0 aromatic heterocycles. The van der Waals surface area contributed by atoms with Crippen molar-refractivity contribution in [3.05, 3.63) is 54.1 Å². The number of benzene rings is 2. The molecule has 0 atom stereocenters. The topological polar surface area (TPSA) is 75.3 Å². The van der Waals surface area contributed by atoms with Crippen LogP contribution in [-0.4, -0.2) is 14.3 Å². The Bertz CT molecular complexity index is 835. The van der Waals surface area contributed by atoms with Gasteiger partial charge < -0.3 is 5.32 Å². The van der Waals surface area contributed by atoms with Crippen LogP contribution in [0.1, 0.15) is 33.3 Å². The summed E-state index contributed by atoms with van der Waals surface area (Å²) < 4.78 is 27.9. The summed E-state index contributed by atoms with van der Waals surface area (Å²) in [5, 5.41) is 2.61. The van der Waals surface area contributed by atoms with E-state index in [1.165, 1.54) is 19.1 Å². The molecule has 0 radical (unpaired) electrons. The van der Waals surface area contributed by atoms with Gasteiger partial charge >= 0.3 is 0 Å². The van der Waals surface area contributed by atoms with Crippen LogP contribution in [0.15, 0.2) is 53.4 Å². The second-order valence-corrected chi connectivity index (χ2v) is 8.29. The lowest BCUT2D eigenvalue weighted by atomic mass is 9.86. The van der Waals surface area contributed by atoms with Crippen LogP contribution < -0.4 is 10.0 Å². The fourth-order valence-electron chi connectivity index (χ4n) is 2.35. The van der Waals surface area contributed by atoms with Gasteiger partial charge in [0.1, 0.15) is 0 Å². The number of hydrogen-bond donors (Lipinski definition) is 2. The maximum absolute atomic E-state index is 12.6. The number of carbonyl (C=O) groups excluding carboxylic acids is 1. The zero-order valence-corrected chi connectivity index (χ0v) is 15.1. The van der Waals surface area contributed by atoms with Gasteiger partial charge in [0.05, 0.1) is 10.6 Å². The molecule has 0 aliphatic rings. The lowest BCUT2D eigenvalue weighted by Gasteiger charge is -2.23. The molecule has 0 spiro atoms. The Kier molecular flexibility index (Phi) is 4.99. The molecular weight excluding hydrogens is 324 g/mol. The Labute approximate surface area is 143 Å². The lowest BCUT2D eigenvalue weighted by molar-refractivity contribution is -0.114. The first kappa shape index (κ1) is 18.0. The van der Waals surface area contributed by atoms with E-state index in [4.69, 9.17) is 0 Å². The molecule has 0 fully saturated rings. The van der Waals surface area contributed by atoms with E-state index in [9.17, 15) is 13.2 Å². The van der Waals surface area contributed by atoms with E-state index >= 15 is 0 Å². The summed E-state index contributed by atoms with van der Waals surface area (Å²) >= 11 is 0. The number of rotatable bonds is 4. The number of anilines is 2. The van der Waals surface area contributed by atoms with Gasteiger partial charge in [0.2, 0.25) is 5.91 Å². The molecule has 2 rings (SSSR count). The molecule has 128 valence electrons. The van der Waals surface area contributed by atoms with Crippen molar-refractivity contribution in [3.8, 4) is 0 Å². The number of para-hydroxylation sites is 1. The second kappa shape index (κ2) is 6.65. The van der Waals surface area contributed by atoms with Crippen molar-refractivity contribution in [3.63, 3.8) is 0 Å². The first-order chi connectivity index (χ1) is 11.1.